The SMILES string of the molecule is COc1ccc(S(N)(=O)=O)cc1C(=O)Nc1nc(C)c(C)s1. The number of aryl methyl sites for hydroxylation is 2. The second kappa shape index (κ2) is 6.03. The molecule has 7 nitrogen and oxygen atoms in total. The molecule has 1 heterocycles. The Bertz CT molecular complexity index is 808. The van der Waals surface area contributed by atoms with E-state index in [0.717, 1.165) is 10.6 Å². The highest BCUT2D eigenvalue weighted by Crippen LogP contribution is 2.25. The molecule has 0 fully saturated rings. The van der Waals surface area contributed by atoms with Gasteiger partial charge in [0.15, 0.2) is 5.13 Å². The quantitative estimate of drug-likeness (QED) is 0.878. The molecule has 9 heteroatoms. The van der Waals surface area contributed by atoms with E-state index in [4.69, 9.17) is 9.88 Å². The number of carbonyl (C=O) groups excluding carboxylic acids is 1. The Balaban J connectivity index is 2.39. The van der Waals surface area contributed by atoms with Crippen molar-refractivity contribution in [1.82, 2.24) is 4.98 Å². The van der Waals surface area contributed by atoms with Crippen LogP contribution in [0.15, 0.2) is 23.1 Å². The van der Waals surface area contributed by atoms with E-state index in [0.29, 0.717) is 5.13 Å². The molecule has 0 saturated carbocycles. The van der Waals surface area contributed by atoms with Gasteiger partial charge in [0.05, 0.1) is 23.3 Å². The number of primary sulfonamides is 1. The van der Waals surface area contributed by atoms with E-state index in [-0.39, 0.29) is 16.2 Å². The van der Waals surface area contributed by atoms with E-state index in [9.17, 15) is 13.2 Å². The standard InChI is InChI=1S/C13H15N3O4S2/c1-7-8(2)21-13(15-7)16-12(17)10-6-9(22(14,18)19)4-5-11(10)20-3/h4-6H,1-3H3,(H2,14,18,19)(H,15,16,17). The predicted octanol–water partition coefficient (Wildman–Crippen LogP) is 1.67. The lowest BCUT2D eigenvalue weighted by molar-refractivity contribution is 0.102. The molecule has 0 aliphatic carbocycles. The van der Waals surface area contributed by atoms with Crippen LogP contribution < -0.4 is 15.2 Å². The van der Waals surface area contributed by atoms with Crippen molar-refractivity contribution in [3.63, 3.8) is 0 Å². The molecule has 0 aliphatic heterocycles. The van der Waals surface area contributed by atoms with Gasteiger partial charge in [-0.05, 0) is 32.0 Å². The maximum absolute atomic E-state index is 12.3. The van der Waals surface area contributed by atoms with Crippen LogP contribution in [-0.2, 0) is 10.0 Å². The maximum atomic E-state index is 12.3. The monoisotopic (exact) mass is 341 g/mol. The van der Waals surface area contributed by atoms with E-state index in [1.807, 2.05) is 13.8 Å². The number of nitrogens with zero attached hydrogens (tertiary/aromatic N) is 1. The highest BCUT2D eigenvalue weighted by molar-refractivity contribution is 7.89. The number of ether oxygens (including phenoxy) is 1. The normalized spacial score (nSPS) is 11.3. The maximum Gasteiger partial charge on any atom is 0.261 e. The molecule has 2 aromatic rings. The fourth-order valence-corrected chi connectivity index (χ4v) is 3.08. The molecule has 0 atom stereocenters. The summed E-state index contributed by atoms with van der Waals surface area (Å²) in [4.78, 5) is 17.4. The summed E-state index contributed by atoms with van der Waals surface area (Å²) in [7, 11) is -2.52. The predicted molar refractivity (Wildman–Crippen MR) is 83.9 cm³/mol. The van der Waals surface area contributed by atoms with Crippen molar-refractivity contribution in [2.75, 3.05) is 12.4 Å². The third-order valence-corrected chi connectivity index (χ3v) is 4.89. The molecule has 0 saturated heterocycles. The van der Waals surface area contributed by atoms with Crippen molar-refractivity contribution < 1.29 is 17.9 Å². The fraction of sp³-hybridized carbons (Fsp3) is 0.231. The number of sulfonamides is 1. The number of rotatable bonds is 4. The van der Waals surface area contributed by atoms with Gasteiger partial charge in [0, 0.05) is 4.88 Å². The van der Waals surface area contributed by atoms with Gasteiger partial charge in [-0.15, -0.1) is 11.3 Å². The van der Waals surface area contributed by atoms with Crippen molar-refractivity contribution >= 4 is 32.4 Å². The minimum Gasteiger partial charge on any atom is -0.496 e. The van der Waals surface area contributed by atoms with Crippen molar-refractivity contribution in [1.29, 1.82) is 0 Å². The largest absolute Gasteiger partial charge is 0.496 e. The fourth-order valence-electron chi connectivity index (χ4n) is 1.73. The molecule has 1 aromatic carbocycles. The van der Waals surface area contributed by atoms with E-state index in [1.54, 1.807) is 0 Å². The molecule has 22 heavy (non-hydrogen) atoms. The zero-order valence-electron chi connectivity index (χ0n) is 12.2. The van der Waals surface area contributed by atoms with Gasteiger partial charge in [0.1, 0.15) is 5.75 Å². The molecule has 1 amide bonds. The topological polar surface area (TPSA) is 111 Å². The van der Waals surface area contributed by atoms with Gasteiger partial charge >= 0.3 is 0 Å². The number of thiazole rings is 1. The van der Waals surface area contributed by atoms with Gasteiger partial charge in [-0.1, -0.05) is 0 Å². The van der Waals surface area contributed by atoms with Crippen LogP contribution in [0.4, 0.5) is 5.13 Å². The number of amides is 1. The van der Waals surface area contributed by atoms with E-state index in [2.05, 4.69) is 10.3 Å². The summed E-state index contributed by atoms with van der Waals surface area (Å²) in [5.74, 6) is -0.272. The Morgan fingerprint density at radius 3 is 2.55 bits per heavy atom. The second-order valence-electron chi connectivity index (χ2n) is 4.52. The minimum atomic E-state index is -3.91. The van der Waals surface area contributed by atoms with E-state index < -0.39 is 15.9 Å². The number of nitrogens with one attached hydrogen (secondary N) is 1. The van der Waals surface area contributed by atoms with Crippen LogP contribution in [0.3, 0.4) is 0 Å². The molecule has 0 aliphatic rings. The minimum absolute atomic E-state index is 0.0690. The summed E-state index contributed by atoms with van der Waals surface area (Å²) in [5, 5.41) is 8.14. The molecule has 0 radical (unpaired) electrons. The highest BCUT2D eigenvalue weighted by atomic mass is 32.2. The van der Waals surface area contributed by atoms with Crippen LogP contribution in [0.25, 0.3) is 0 Å². The molecular weight excluding hydrogens is 326 g/mol. The lowest BCUT2D eigenvalue weighted by atomic mass is 10.2. The molecule has 3 N–H and O–H groups in total. The molecule has 1 aromatic heterocycles. The third-order valence-electron chi connectivity index (χ3n) is 2.99. The van der Waals surface area contributed by atoms with Gasteiger partial charge in [-0.2, -0.15) is 0 Å². The molecule has 0 unspecified atom stereocenters. The number of anilines is 1. The van der Waals surface area contributed by atoms with Crippen LogP contribution in [0.1, 0.15) is 20.9 Å². The molecular formula is C13H15N3O4S2. The third kappa shape index (κ3) is 3.43. The van der Waals surface area contributed by atoms with Gasteiger partial charge < -0.3 is 4.74 Å². The van der Waals surface area contributed by atoms with Crippen molar-refractivity contribution in [3.8, 4) is 5.75 Å². The average Bonchev–Trinajstić information content (AvgIpc) is 2.75. The first kappa shape index (κ1) is 16.4. The zero-order valence-corrected chi connectivity index (χ0v) is 13.8. The summed E-state index contributed by atoms with van der Waals surface area (Å²) in [6, 6.07) is 3.84. The van der Waals surface area contributed by atoms with Crippen molar-refractivity contribution in [2.24, 2.45) is 5.14 Å². The lowest BCUT2D eigenvalue weighted by Gasteiger charge is -2.09. The first-order chi connectivity index (χ1) is 10.2. The van der Waals surface area contributed by atoms with Crippen LogP contribution in [-0.4, -0.2) is 26.4 Å². The average molecular weight is 341 g/mol. The Labute approximate surface area is 132 Å². The number of nitrogens with two attached hydrogens (primary N) is 1. The van der Waals surface area contributed by atoms with E-state index >= 15 is 0 Å². The lowest BCUT2D eigenvalue weighted by Crippen LogP contribution is -2.16. The summed E-state index contributed by atoms with van der Waals surface area (Å²) in [5.41, 5.74) is 0.894. The first-order valence-corrected chi connectivity index (χ1v) is 8.55. The van der Waals surface area contributed by atoms with E-state index in [1.165, 1.54) is 36.6 Å². The van der Waals surface area contributed by atoms with Crippen LogP contribution in [0.5, 0.6) is 5.75 Å². The number of hydrogen-bond acceptors (Lipinski definition) is 6. The summed E-state index contributed by atoms with van der Waals surface area (Å²) in [6.07, 6.45) is 0. The Morgan fingerprint density at radius 1 is 1.36 bits per heavy atom. The van der Waals surface area contributed by atoms with Crippen molar-refractivity contribution in [3.05, 3.63) is 34.3 Å². The number of methoxy groups -OCH3 is 1. The zero-order chi connectivity index (χ0) is 16.5. The number of hydrogen-bond donors (Lipinski definition) is 2. The molecule has 0 spiro atoms. The molecule has 0 bridgehead atoms. The van der Waals surface area contributed by atoms with Gasteiger partial charge in [0.25, 0.3) is 5.91 Å². The Hall–Kier alpha value is -1.97. The number of carbonyl (C=O) groups is 1. The second-order valence-corrected chi connectivity index (χ2v) is 7.29. The summed E-state index contributed by atoms with van der Waals surface area (Å²) in [6.45, 7) is 3.73. The van der Waals surface area contributed by atoms with Gasteiger partial charge in [0.2, 0.25) is 10.0 Å². The van der Waals surface area contributed by atoms with Gasteiger partial charge in [-0.3, -0.25) is 10.1 Å². The highest BCUT2D eigenvalue weighted by Gasteiger charge is 2.18. The first-order valence-electron chi connectivity index (χ1n) is 6.18. The summed E-state index contributed by atoms with van der Waals surface area (Å²) >= 11 is 1.33. The van der Waals surface area contributed by atoms with Crippen LogP contribution in [0.2, 0.25) is 0 Å². The van der Waals surface area contributed by atoms with Crippen LogP contribution >= 0.6 is 11.3 Å². The molecule has 118 valence electrons. The number of aromatic nitrogens is 1. The summed E-state index contributed by atoms with van der Waals surface area (Å²) < 4.78 is 27.9. The number of benzene rings is 1. The van der Waals surface area contributed by atoms with Gasteiger partial charge in [-0.25, -0.2) is 18.5 Å². The van der Waals surface area contributed by atoms with Crippen molar-refractivity contribution in [2.45, 2.75) is 18.7 Å². The smallest absolute Gasteiger partial charge is 0.261 e. The Kier molecular flexibility index (Phi) is 4.50. The molecule has 2 rings (SSSR count). The van der Waals surface area contributed by atoms with Crippen LogP contribution in [0, 0.1) is 13.8 Å². The Morgan fingerprint density at radius 2 is 2.05 bits per heavy atom.